The van der Waals surface area contributed by atoms with Gasteiger partial charge in [0.15, 0.2) is 15.1 Å². The summed E-state index contributed by atoms with van der Waals surface area (Å²) in [6.45, 7) is -0.0121. The molecule has 13 heteroatoms. The standard InChI is InChI=1S/C21H15Cl4N5O2S2/c22-13-3-1-12(2-4-13)18-10-15(28-30(18)17-6-5-14(23)9-16(17)24)11-26-34(31,32)20-19(25)27-21-29(20)7-8-33-21/h1-9,18,26H,10-11H2/t18-/m0/s1. The third kappa shape index (κ3) is 4.54. The van der Waals surface area contributed by atoms with Crippen molar-refractivity contribution in [3.8, 4) is 0 Å². The summed E-state index contributed by atoms with van der Waals surface area (Å²) in [5.74, 6) is 0. The fourth-order valence-electron chi connectivity index (χ4n) is 3.74. The van der Waals surface area contributed by atoms with Crippen LogP contribution < -0.4 is 9.73 Å². The molecule has 0 saturated carbocycles. The van der Waals surface area contributed by atoms with Crippen molar-refractivity contribution in [1.29, 1.82) is 0 Å². The summed E-state index contributed by atoms with van der Waals surface area (Å²) in [5.41, 5.74) is 2.23. The van der Waals surface area contributed by atoms with E-state index in [2.05, 4.69) is 9.71 Å². The number of imidazole rings is 1. The van der Waals surface area contributed by atoms with E-state index >= 15 is 0 Å². The van der Waals surface area contributed by atoms with Crippen LogP contribution in [0, 0.1) is 0 Å². The van der Waals surface area contributed by atoms with Gasteiger partial charge in [-0.1, -0.05) is 58.5 Å². The first kappa shape index (κ1) is 23.9. The van der Waals surface area contributed by atoms with Gasteiger partial charge < -0.3 is 0 Å². The van der Waals surface area contributed by atoms with Crippen molar-refractivity contribution in [2.24, 2.45) is 5.10 Å². The molecule has 0 saturated heterocycles. The SMILES string of the molecule is O=S(=O)(NCC1=NN(c2ccc(Cl)cc2Cl)[C@H](c2ccc(Cl)cc2)C1)c1c(Cl)nc2sccn12. The van der Waals surface area contributed by atoms with Gasteiger partial charge in [-0.15, -0.1) is 11.3 Å². The molecule has 0 spiro atoms. The van der Waals surface area contributed by atoms with Crippen molar-refractivity contribution >= 4 is 84.1 Å². The second kappa shape index (κ2) is 9.31. The van der Waals surface area contributed by atoms with E-state index in [1.807, 2.05) is 12.1 Å². The number of nitrogens with one attached hydrogen (secondary N) is 1. The second-order valence-corrected chi connectivity index (χ2v) is 11.7. The lowest BCUT2D eigenvalue weighted by Crippen LogP contribution is -2.30. The van der Waals surface area contributed by atoms with Gasteiger partial charge in [-0.2, -0.15) is 5.10 Å². The van der Waals surface area contributed by atoms with Crippen LogP contribution in [0.15, 0.2) is 64.2 Å². The molecule has 1 N–H and O–H groups in total. The number of rotatable bonds is 6. The summed E-state index contributed by atoms with van der Waals surface area (Å²) in [6, 6.07) is 12.4. The quantitative estimate of drug-likeness (QED) is 0.293. The maximum absolute atomic E-state index is 13.0. The van der Waals surface area contributed by atoms with Crippen LogP contribution in [-0.4, -0.2) is 30.1 Å². The van der Waals surface area contributed by atoms with Crippen LogP contribution in [0.1, 0.15) is 18.0 Å². The van der Waals surface area contributed by atoms with Crippen molar-refractivity contribution in [3.63, 3.8) is 0 Å². The number of hydrogen-bond acceptors (Lipinski definition) is 6. The van der Waals surface area contributed by atoms with Crippen molar-refractivity contribution in [3.05, 3.63) is 79.8 Å². The minimum Gasteiger partial charge on any atom is -0.279 e. The van der Waals surface area contributed by atoms with Gasteiger partial charge in [-0.25, -0.2) is 18.1 Å². The Balaban J connectivity index is 1.44. The molecule has 0 radical (unpaired) electrons. The van der Waals surface area contributed by atoms with Gasteiger partial charge >= 0.3 is 0 Å². The first-order chi connectivity index (χ1) is 16.2. The highest BCUT2D eigenvalue weighted by Gasteiger charge is 2.32. The second-order valence-electron chi connectivity index (χ2n) is 7.47. The van der Waals surface area contributed by atoms with E-state index in [1.54, 1.807) is 46.9 Å². The lowest BCUT2D eigenvalue weighted by molar-refractivity contribution is 0.581. The maximum Gasteiger partial charge on any atom is 0.260 e. The lowest BCUT2D eigenvalue weighted by Gasteiger charge is -2.25. The zero-order chi connectivity index (χ0) is 24.0. The number of hydrazone groups is 1. The summed E-state index contributed by atoms with van der Waals surface area (Å²) < 4.78 is 30.1. The molecule has 4 aromatic rings. The van der Waals surface area contributed by atoms with Gasteiger partial charge in [0.2, 0.25) is 0 Å². The molecule has 2 aromatic carbocycles. The largest absolute Gasteiger partial charge is 0.279 e. The Morgan fingerprint density at radius 2 is 1.79 bits per heavy atom. The zero-order valence-corrected chi connectivity index (χ0v) is 21.8. The third-order valence-corrected chi connectivity index (χ3v) is 8.63. The summed E-state index contributed by atoms with van der Waals surface area (Å²) in [7, 11) is -3.95. The lowest BCUT2D eigenvalue weighted by atomic mass is 10.0. The molecule has 0 aliphatic carbocycles. The average Bonchev–Trinajstić information content (AvgIpc) is 3.47. The molecule has 0 bridgehead atoms. The maximum atomic E-state index is 13.0. The predicted octanol–water partition coefficient (Wildman–Crippen LogP) is 6.30. The van der Waals surface area contributed by atoms with Crippen molar-refractivity contribution in [2.75, 3.05) is 11.6 Å². The monoisotopic (exact) mass is 573 g/mol. The number of fused-ring (bicyclic) bond motifs is 1. The molecule has 7 nitrogen and oxygen atoms in total. The van der Waals surface area contributed by atoms with Crippen molar-refractivity contribution in [2.45, 2.75) is 17.5 Å². The molecule has 0 amide bonds. The highest BCUT2D eigenvalue weighted by Crippen LogP contribution is 2.40. The molecule has 1 atom stereocenters. The van der Waals surface area contributed by atoms with E-state index in [9.17, 15) is 8.42 Å². The van der Waals surface area contributed by atoms with Crippen molar-refractivity contribution < 1.29 is 8.42 Å². The van der Waals surface area contributed by atoms with E-state index in [0.717, 1.165) is 5.56 Å². The summed E-state index contributed by atoms with van der Waals surface area (Å²) >= 11 is 26.0. The Morgan fingerprint density at radius 1 is 1.06 bits per heavy atom. The number of hydrogen-bond donors (Lipinski definition) is 1. The number of benzene rings is 2. The van der Waals surface area contributed by atoms with Crippen LogP contribution in [0.4, 0.5) is 5.69 Å². The molecular formula is C21H15Cl4N5O2S2. The molecule has 3 heterocycles. The smallest absolute Gasteiger partial charge is 0.260 e. The van der Waals surface area contributed by atoms with Crippen LogP contribution in [0.5, 0.6) is 0 Å². The Labute approximate surface area is 219 Å². The Hall–Kier alpha value is -1.85. The number of aromatic nitrogens is 2. The number of halogens is 4. The first-order valence-corrected chi connectivity index (χ1v) is 13.8. The van der Waals surface area contributed by atoms with Gasteiger partial charge in [0.05, 0.1) is 29.0 Å². The summed E-state index contributed by atoms with van der Waals surface area (Å²) in [5, 5.41) is 9.58. The Kier molecular flexibility index (Phi) is 6.54. The third-order valence-electron chi connectivity index (χ3n) is 5.28. The van der Waals surface area contributed by atoms with E-state index < -0.39 is 10.0 Å². The van der Waals surface area contributed by atoms with Gasteiger partial charge in [0.25, 0.3) is 10.0 Å². The highest BCUT2D eigenvalue weighted by molar-refractivity contribution is 7.89. The summed E-state index contributed by atoms with van der Waals surface area (Å²) in [6.07, 6.45) is 2.08. The molecule has 1 aliphatic heterocycles. The molecule has 1 aliphatic rings. The fourth-order valence-corrected chi connectivity index (χ4v) is 6.82. The van der Waals surface area contributed by atoms with Gasteiger partial charge in [-0.3, -0.25) is 9.41 Å². The average molecular weight is 575 g/mol. The van der Waals surface area contributed by atoms with Gasteiger partial charge in [-0.05, 0) is 35.9 Å². The van der Waals surface area contributed by atoms with E-state index in [1.165, 1.54) is 15.7 Å². The molecule has 5 rings (SSSR count). The molecule has 0 unspecified atom stereocenters. The van der Waals surface area contributed by atoms with Crippen molar-refractivity contribution in [1.82, 2.24) is 14.1 Å². The van der Waals surface area contributed by atoms with Crippen LogP contribution in [0.2, 0.25) is 20.2 Å². The van der Waals surface area contributed by atoms with Crippen LogP contribution in [0.25, 0.3) is 4.96 Å². The molecule has 176 valence electrons. The van der Waals surface area contributed by atoms with Gasteiger partial charge in [0, 0.05) is 28.0 Å². The van der Waals surface area contributed by atoms with Gasteiger partial charge in [0.1, 0.15) is 0 Å². The Bertz CT molecular complexity index is 1520. The normalized spacial score (nSPS) is 16.4. The van der Waals surface area contributed by atoms with Crippen LogP contribution in [-0.2, 0) is 10.0 Å². The minimum absolute atomic E-state index is 0.0121. The topological polar surface area (TPSA) is 79.1 Å². The van der Waals surface area contributed by atoms with Crippen LogP contribution in [0.3, 0.4) is 0 Å². The van der Waals surface area contributed by atoms with E-state index in [0.29, 0.717) is 37.8 Å². The first-order valence-electron chi connectivity index (χ1n) is 9.90. The number of anilines is 1. The fraction of sp³-hybridized carbons (Fsp3) is 0.143. The van der Waals surface area contributed by atoms with E-state index in [-0.39, 0.29) is 22.8 Å². The number of sulfonamides is 1. The van der Waals surface area contributed by atoms with E-state index in [4.69, 9.17) is 51.5 Å². The summed E-state index contributed by atoms with van der Waals surface area (Å²) in [4.78, 5) is 4.59. The number of nitrogens with zero attached hydrogens (tertiary/aromatic N) is 4. The molecule has 2 aromatic heterocycles. The molecular weight excluding hydrogens is 560 g/mol. The number of thiazole rings is 1. The highest BCUT2D eigenvalue weighted by atomic mass is 35.5. The van der Waals surface area contributed by atoms with Crippen LogP contribution >= 0.6 is 57.7 Å². The zero-order valence-electron chi connectivity index (χ0n) is 17.1. The molecule has 0 fully saturated rings. The predicted molar refractivity (Wildman–Crippen MR) is 138 cm³/mol. The minimum atomic E-state index is -3.95. The Morgan fingerprint density at radius 3 is 2.53 bits per heavy atom. The molecule has 34 heavy (non-hydrogen) atoms.